The van der Waals surface area contributed by atoms with Gasteiger partial charge in [-0.3, -0.25) is 9.59 Å². The summed E-state index contributed by atoms with van der Waals surface area (Å²) in [5.41, 5.74) is -0.427. The van der Waals surface area contributed by atoms with Gasteiger partial charge in [0.05, 0.1) is 5.41 Å². The summed E-state index contributed by atoms with van der Waals surface area (Å²) in [6.07, 6.45) is 6.73. The lowest BCUT2D eigenvalue weighted by Crippen LogP contribution is -2.56. The highest BCUT2D eigenvalue weighted by molar-refractivity contribution is 6.24. The van der Waals surface area contributed by atoms with Crippen LogP contribution in [0.25, 0.3) is 0 Å². The van der Waals surface area contributed by atoms with E-state index in [-0.39, 0.29) is 23.4 Å². The van der Waals surface area contributed by atoms with Gasteiger partial charge in [0.15, 0.2) is 6.61 Å². The molecule has 0 heterocycles. The van der Waals surface area contributed by atoms with E-state index in [1.165, 1.54) is 6.42 Å². The Hall–Kier alpha value is -0.770. The van der Waals surface area contributed by atoms with Gasteiger partial charge in [-0.05, 0) is 62.7 Å². The van der Waals surface area contributed by atoms with Crippen LogP contribution in [0, 0.1) is 23.2 Å². The van der Waals surface area contributed by atoms with Gasteiger partial charge in [0.25, 0.3) is 5.91 Å². The molecule has 4 fully saturated rings. The Bertz CT molecular complexity index is 477. The van der Waals surface area contributed by atoms with Crippen LogP contribution in [0.3, 0.4) is 0 Å². The molecule has 0 aromatic heterocycles. The minimum Gasteiger partial charge on any atom is -0.455 e. The first-order chi connectivity index (χ1) is 10.8. The molecule has 1 N–H and O–H groups in total. The van der Waals surface area contributed by atoms with Crippen molar-refractivity contribution in [2.75, 3.05) is 13.2 Å². The van der Waals surface area contributed by atoms with Crippen LogP contribution in [0.15, 0.2) is 0 Å². The summed E-state index contributed by atoms with van der Waals surface area (Å²) >= 11 is 6.74. The van der Waals surface area contributed by atoms with Crippen LogP contribution in [-0.4, -0.2) is 29.9 Å². The fourth-order valence-corrected chi connectivity index (χ4v) is 5.92. The monoisotopic (exact) mass is 341 g/mol. The van der Waals surface area contributed by atoms with Gasteiger partial charge in [-0.15, -0.1) is 11.6 Å². The van der Waals surface area contributed by atoms with Crippen LogP contribution in [-0.2, 0) is 14.3 Å². The van der Waals surface area contributed by atoms with Crippen molar-refractivity contribution in [1.82, 2.24) is 5.32 Å². The van der Waals surface area contributed by atoms with Gasteiger partial charge in [0.2, 0.25) is 0 Å². The highest BCUT2D eigenvalue weighted by Gasteiger charge is 2.60. The van der Waals surface area contributed by atoms with Crippen molar-refractivity contribution in [1.29, 1.82) is 0 Å². The van der Waals surface area contributed by atoms with E-state index in [1.54, 1.807) is 0 Å². The molecular weight excluding hydrogens is 314 g/mol. The van der Waals surface area contributed by atoms with Gasteiger partial charge >= 0.3 is 5.97 Å². The van der Waals surface area contributed by atoms with Crippen LogP contribution >= 0.6 is 11.6 Å². The Labute approximate surface area is 143 Å². The molecule has 4 nitrogen and oxygen atoms in total. The van der Waals surface area contributed by atoms with E-state index >= 15 is 0 Å². The third-order valence-corrected chi connectivity index (χ3v) is 6.24. The van der Waals surface area contributed by atoms with E-state index < -0.39 is 5.41 Å². The maximum atomic E-state index is 12.7. The number of carbonyl (C=O) groups excluding carboxylic acids is 2. The fraction of sp³-hybridized carbons (Fsp3) is 0.889. The van der Waals surface area contributed by atoms with Crippen molar-refractivity contribution >= 4 is 23.5 Å². The molecule has 4 aliphatic carbocycles. The number of amides is 1. The zero-order chi connectivity index (χ0) is 16.7. The molecule has 4 rings (SSSR count). The number of rotatable bonds is 6. The third kappa shape index (κ3) is 3.67. The zero-order valence-electron chi connectivity index (χ0n) is 14.2. The van der Waals surface area contributed by atoms with Crippen molar-refractivity contribution in [3.8, 4) is 0 Å². The topological polar surface area (TPSA) is 55.4 Å². The molecule has 130 valence electrons. The second kappa shape index (κ2) is 6.27. The van der Waals surface area contributed by atoms with Crippen molar-refractivity contribution in [2.45, 2.75) is 63.7 Å². The summed E-state index contributed by atoms with van der Waals surface area (Å²) < 4.78 is 5.38. The normalized spacial score (nSPS) is 37.9. The smallest absolute Gasteiger partial charge is 0.312 e. The van der Waals surface area contributed by atoms with Gasteiger partial charge in [0.1, 0.15) is 0 Å². The van der Waals surface area contributed by atoms with Crippen LogP contribution in [0.5, 0.6) is 0 Å². The lowest BCUT2D eigenvalue weighted by molar-refractivity contribution is -0.171. The first-order valence-corrected chi connectivity index (χ1v) is 9.31. The second-order valence-electron chi connectivity index (χ2n) is 8.50. The molecule has 4 saturated carbocycles. The summed E-state index contributed by atoms with van der Waals surface area (Å²) in [7, 11) is 0. The van der Waals surface area contributed by atoms with E-state index in [0.717, 1.165) is 38.5 Å². The Morgan fingerprint density at radius 1 is 1.22 bits per heavy atom. The van der Waals surface area contributed by atoms with Crippen LogP contribution in [0.1, 0.15) is 58.8 Å². The Balaban J connectivity index is 1.51. The number of carbonyl (C=O) groups is 2. The number of nitrogens with one attached hydrogen (secondary N) is 1. The van der Waals surface area contributed by atoms with E-state index in [4.69, 9.17) is 16.3 Å². The predicted octanol–water partition coefficient (Wildman–Crippen LogP) is 3.27. The maximum absolute atomic E-state index is 12.7. The molecule has 2 unspecified atom stereocenters. The SMILES string of the molecule is CC(C)CCNC(=O)COC(=O)C12C[C@@H]3C[C@@H](CC(Cl)(C3)C1)C2. The van der Waals surface area contributed by atoms with E-state index in [0.29, 0.717) is 24.3 Å². The largest absolute Gasteiger partial charge is 0.455 e. The standard InChI is InChI=1S/C18H28ClNO3/c1-12(2)3-4-20-15(21)10-23-16(22)17-6-13-5-14(7-17)9-18(19,8-13)11-17/h12-14H,3-11H2,1-2H3,(H,20,21)/t13-,14+,17?,18?. The van der Waals surface area contributed by atoms with Gasteiger partial charge in [-0.1, -0.05) is 13.8 Å². The summed E-state index contributed by atoms with van der Waals surface area (Å²) in [4.78, 5) is 24.3. The summed E-state index contributed by atoms with van der Waals surface area (Å²) in [5, 5.41) is 2.81. The van der Waals surface area contributed by atoms with Crippen LogP contribution in [0.4, 0.5) is 0 Å². The number of ether oxygens (including phenoxy) is 1. The molecule has 23 heavy (non-hydrogen) atoms. The quantitative estimate of drug-likeness (QED) is 0.596. The number of alkyl halides is 1. The van der Waals surface area contributed by atoms with Crippen molar-refractivity contribution < 1.29 is 14.3 Å². The molecule has 0 aromatic rings. The van der Waals surface area contributed by atoms with E-state index in [2.05, 4.69) is 19.2 Å². The van der Waals surface area contributed by atoms with Crippen molar-refractivity contribution in [2.24, 2.45) is 23.2 Å². The van der Waals surface area contributed by atoms with Crippen molar-refractivity contribution in [3.05, 3.63) is 0 Å². The highest BCUT2D eigenvalue weighted by atomic mass is 35.5. The minimum atomic E-state index is -0.427. The molecule has 5 heteroatoms. The fourth-order valence-electron chi connectivity index (χ4n) is 5.23. The van der Waals surface area contributed by atoms with Gasteiger partial charge in [0, 0.05) is 11.4 Å². The number of esters is 1. The molecule has 0 saturated heterocycles. The minimum absolute atomic E-state index is 0.163. The number of hydrogen-bond acceptors (Lipinski definition) is 3. The molecule has 4 bridgehead atoms. The molecule has 0 spiro atoms. The molecule has 1 amide bonds. The molecule has 4 aliphatic rings. The summed E-state index contributed by atoms with van der Waals surface area (Å²) in [6.45, 7) is 4.69. The van der Waals surface area contributed by atoms with Crippen LogP contribution < -0.4 is 5.32 Å². The third-order valence-electron chi connectivity index (χ3n) is 5.80. The Kier molecular flexibility index (Phi) is 4.65. The van der Waals surface area contributed by atoms with E-state index in [1.807, 2.05) is 0 Å². The first kappa shape index (κ1) is 17.1. The predicted molar refractivity (Wildman–Crippen MR) is 89.1 cm³/mol. The van der Waals surface area contributed by atoms with Gasteiger partial charge in [-0.25, -0.2) is 0 Å². The second-order valence-corrected chi connectivity index (χ2v) is 9.30. The average Bonchev–Trinajstić information content (AvgIpc) is 2.41. The highest BCUT2D eigenvalue weighted by Crippen LogP contribution is 2.64. The first-order valence-electron chi connectivity index (χ1n) is 8.93. The summed E-state index contributed by atoms with van der Waals surface area (Å²) in [6, 6.07) is 0. The maximum Gasteiger partial charge on any atom is 0.312 e. The molecule has 0 aromatic carbocycles. The van der Waals surface area contributed by atoms with Gasteiger partial charge in [-0.2, -0.15) is 0 Å². The summed E-state index contributed by atoms with van der Waals surface area (Å²) in [5.74, 6) is 1.26. The lowest BCUT2D eigenvalue weighted by atomic mass is 9.49. The van der Waals surface area contributed by atoms with E-state index in [9.17, 15) is 9.59 Å². The van der Waals surface area contributed by atoms with Gasteiger partial charge < -0.3 is 10.1 Å². The zero-order valence-corrected chi connectivity index (χ0v) is 15.0. The Morgan fingerprint density at radius 3 is 2.43 bits per heavy atom. The molecule has 0 radical (unpaired) electrons. The molecule has 0 aliphatic heterocycles. The van der Waals surface area contributed by atoms with Crippen LogP contribution in [0.2, 0.25) is 0 Å². The molecule has 4 atom stereocenters. The van der Waals surface area contributed by atoms with Crippen molar-refractivity contribution in [3.63, 3.8) is 0 Å². The lowest BCUT2D eigenvalue weighted by Gasteiger charge is -2.58. The Morgan fingerprint density at radius 2 is 1.87 bits per heavy atom. The number of hydrogen-bond donors (Lipinski definition) is 1. The number of halogens is 1. The molecular formula is C18H28ClNO3. The average molecular weight is 342 g/mol.